The number of carbonyl (C=O) groups is 2. The number of aromatic nitrogens is 2. The Hall–Kier alpha value is -4.38. The second kappa shape index (κ2) is 12.4. The first-order chi connectivity index (χ1) is 18.7. The third-order valence-corrected chi connectivity index (χ3v) is 6.38. The van der Waals surface area contributed by atoms with E-state index in [1.54, 1.807) is 6.20 Å². The predicted molar refractivity (Wildman–Crippen MR) is 143 cm³/mol. The summed E-state index contributed by atoms with van der Waals surface area (Å²) in [4.78, 5) is 21.9. The van der Waals surface area contributed by atoms with Gasteiger partial charge in [-0.25, -0.2) is 9.59 Å². The van der Waals surface area contributed by atoms with Gasteiger partial charge in [-0.2, -0.15) is 10.2 Å². The predicted octanol–water partition coefficient (Wildman–Crippen LogP) is 3.13. The number of aliphatic hydroxyl groups excluding tert-OH is 2. The van der Waals surface area contributed by atoms with E-state index in [0.717, 1.165) is 36.5 Å². The van der Waals surface area contributed by atoms with Gasteiger partial charge in [0.05, 0.1) is 5.69 Å². The Morgan fingerprint density at radius 3 is 2.31 bits per heavy atom. The quantitative estimate of drug-likeness (QED) is 0.292. The summed E-state index contributed by atoms with van der Waals surface area (Å²) in [6.45, 7) is 1.90. The molecule has 0 saturated carbocycles. The molecular formula is C29H29N3O7. The average Bonchev–Trinajstić information content (AvgIpc) is 3.10. The molecule has 10 heteroatoms. The van der Waals surface area contributed by atoms with Crippen LogP contribution in [0.2, 0.25) is 0 Å². The SMILES string of the molecule is CN1CC[C@@H](Oc2ccc3ccccc3c2)c2ccc(-c3cccnn3)cc2C1.O=C(O)[C@@H](O)[C@H](O)C(=O)O. The highest BCUT2D eigenvalue weighted by Gasteiger charge is 2.29. The zero-order chi connectivity index (χ0) is 27.9. The number of fused-ring (bicyclic) bond motifs is 2. The van der Waals surface area contributed by atoms with Crippen LogP contribution >= 0.6 is 0 Å². The molecule has 5 rings (SSSR count). The van der Waals surface area contributed by atoms with E-state index in [9.17, 15) is 9.59 Å². The lowest BCUT2D eigenvalue weighted by Crippen LogP contribution is -2.39. The van der Waals surface area contributed by atoms with Gasteiger partial charge in [-0.15, -0.1) is 0 Å². The smallest absolute Gasteiger partial charge is 0.335 e. The first kappa shape index (κ1) is 27.6. The number of aliphatic carboxylic acids is 2. The molecule has 0 spiro atoms. The highest BCUT2D eigenvalue weighted by atomic mass is 16.5. The number of hydrogen-bond donors (Lipinski definition) is 4. The molecule has 4 aromatic rings. The second-order valence-corrected chi connectivity index (χ2v) is 9.23. The summed E-state index contributed by atoms with van der Waals surface area (Å²) in [5.74, 6) is -2.62. The molecule has 202 valence electrons. The number of rotatable bonds is 6. The van der Waals surface area contributed by atoms with E-state index in [2.05, 4.69) is 82.8 Å². The minimum Gasteiger partial charge on any atom is -0.486 e. The summed E-state index contributed by atoms with van der Waals surface area (Å²) < 4.78 is 6.51. The molecule has 0 fully saturated rings. The van der Waals surface area contributed by atoms with E-state index in [0.29, 0.717) is 0 Å². The number of aliphatic hydroxyl groups is 2. The lowest BCUT2D eigenvalue weighted by atomic mass is 9.97. The van der Waals surface area contributed by atoms with Gasteiger partial charge >= 0.3 is 11.9 Å². The third-order valence-electron chi connectivity index (χ3n) is 6.38. The highest BCUT2D eigenvalue weighted by molar-refractivity contribution is 5.84. The molecule has 0 bridgehead atoms. The highest BCUT2D eigenvalue weighted by Crippen LogP contribution is 2.34. The first-order valence-electron chi connectivity index (χ1n) is 12.3. The van der Waals surface area contributed by atoms with Crippen LogP contribution in [-0.2, 0) is 16.1 Å². The van der Waals surface area contributed by atoms with Gasteiger partial charge in [-0.3, -0.25) is 0 Å². The topological polar surface area (TPSA) is 153 Å². The van der Waals surface area contributed by atoms with Gasteiger partial charge in [0, 0.05) is 31.3 Å². The van der Waals surface area contributed by atoms with Crippen molar-refractivity contribution in [1.82, 2.24) is 15.1 Å². The Balaban J connectivity index is 0.000000303. The first-order valence-corrected chi connectivity index (χ1v) is 12.3. The van der Waals surface area contributed by atoms with Crippen LogP contribution in [0.1, 0.15) is 23.7 Å². The van der Waals surface area contributed by atoms with Crippen LogP contribution in [0.5, 0.6) is 5.75 Å². The lowest BCUT2D eigenvalue weighted by molar-refractivity contribution is -0.165. The Morgan fingerprint density at radius 2 is 1.64 bits per heavy atom. The normalized spacial score (nSPS) is 16.6. The summed E-state index contributed by atoms with van der Waals surface area (Å²) in [6, 6.07) is 25.2. The van der Waals surface area contributed by atoms with Crippen molar-refractivity contribution in [3.8, 4) is 17.0 Å². The van der Waals surface area contributed by atoms with Gasteiger partial charge in [0.1, 0.15) is 11.9 Å². The van der Waals surface area contributed by atoms with Crippen LogP contribution in [0.3, 0.4) is 0 Å². The van der Waals surface area contributed by atoms with Crippen LogP contribution < -0.4 is 4.74 Å². The molecule has 2 heterocycles. The third kappa shape index (κ3) is 6.94. The molecule has 0 amide bonds. The van der Waals surface area contributed by atoms with E-state index in [-0.39, 0.29) is 6.10 Å². The standard InChI is InChI=1S/C25H23N3O.C4H6O6/c1-28-14-12-25(29-22-10-8-18-5-2-3-6-19(18)16-22)23-11-9-20(15-21(23)17-28)24-7-4-13-26-27-24;5-1(3(7)8)2(6)4(9)10/h2-11,13,15-16,25H,12,14,17H2,1H3;1-2,5-6H,(H,7,8)(H,9,10)/t25-;1-,2-/m10/s1. The number of ether oxygens (including phenoxy) is 1. The Morgan fingerprint density at radius 1 is 0.923 bits per heavy atom. The monoisotopic (exact) mass is 531 g/mol. The molecule has 1 aliphatic rings. The lowest BCUT2D eigenvalue weighted by Gasteiger charge is -2.20. The fourth-order valence-electron chi connectivity index (χ4n) is 4.33. The molecule has 1 aliphatic heterocycles. The van der Waals surface area contributed by atoms with Crippen molar-refractivity contribution >= 4 is 22.7 Å². The number of nitrogens with zero attached hydrogens (tertiary/aromatic N) is 3. The number of benzene rings is 3. The molecule has 4 N–H and O–H groups in total. The van der Waals surface area contributed by atoms with Crippen molar-refractivity contribution in [3.63, 3.8) is 0 Å². The molecule has 1 aromatic heterocycles. The molecular weight excluding hydrogens is 502 g/mol. The van der Waals surface area contributed by atoms with Crippen molar-refractivity contribution in [2.24, 2.45) is 0 Å². The van der Waals surface area contributed by atoms with Crippen molar-refractivity contribution in [1.29, 1.82) is 0 Å². The maximum atomic E-state index is 9.77. The zero-order valence-electron chi connectivity index (χ0n) is 21.2. The van der Waals surface area contributed by atoms with Crippen molar-refractivity contribution in [3.05, 3.63) is 90.1 Å². The Kier molecular flexibility index (Phi) is 8.82. The molecule has 0 aliphatic carbocycles. The van der Waals surface area contributed by atoms with Gasteiger partial charge in [-0.05, 0) is 59.3 Å². The fourth-order valence-corrected chi connectivity index (χ4v) is 4.33. The second-order valence-electron chi connectivity index (χ2n) is 9.23. The van der Waals surface area contributed by atoms with E-state index >= 15 is 0 Å². The van der Waals surface area contributed by atoms with Gasteiger partial charge in [0.2, 0.25) is 0 Å². The number of carboxylic acids is 2. The minimum absolute atomic E-state index is 0.0343. The summed E-state index contributed by atoms with van der Waals surface area (Å²) >= 11 is 0. The number of hydrogen-bond acceptors (Lipinski definition) is 8. The van der Waals surface area contributed by atoms with Gasteiger partial charge < -0.3 is 30.1 Å². The van der Waals surface area contributed by atoms with E-state index in [1.807, 2.05) is 12.1 Å². The van der Waals surface area contributed by atoms with Crippen molar-refractivity contribution in [2.45, 2.75) is 31.3 Å². The zero-order valence-corrected chi connectivity index (χ0v) is 21.2. The molecule has 0 unspecified atom stereocenters. The van der Waals surface area contributed by atoms with Crippen LogP contribution in [0.15, 0.2) is 79.0 Å². The molecule has 3 atom stereocenters. The molecule has 0 saturated heterocycles. The Bertz CT molecular complexity index is 1430. The summed E-state index contributed by atoms with van der Waals surface area (Å²) in [5.41, 5.74) is 4.54. The van der Waals surface area contributed by atoms with E-state index in [1.165, 1.54) is 21.9 Å². The largest absolute Gasteiger partial charge is 0.486 e. The van der Waals surface area contributed by atoms with Crippen LogP contribution in [-0.4, -0.2) is 73.3 Å². The van der Waals surface area contributed by atoms with Gasteiger partial charge in [0.25, 0.3) is 0 Å². The van der Waals surface area contributed by atoms with Crippen LogP contribution in [0.4, 0.5) is 0 Å². The summed E-state index contributed by atoms with van der Waals surface area (Å²) in [6.07, 6.45) is -1.84. The van der Waals surface area contributed by atoms with Gasteiger partial charge in [-0.1, -0.05) is 42.5 Å². The molecule has 10 nitrogen and oxygen atoms in total. The van der Waals surface area contributed by atoms with Gasteiger partial charge in [0.15, 0.2) is 12.2 Å². The maximum Gasteiger partial charge on any atom is 0.335 e. The molecule has 3 aromatic carbocycles. The Labute approximate surface area is 224 Å². The van der Waals surface area contributed by atoms with Crippen molar-refractivity contribution < 1.29 is 34.8 Å². The van der Waals surface area contributed by atoms with Crippen LogP contribution in [0.25, 0.3) is 22.0 Å². The molecule has 0 radical (unpaired) electrons. The van der Waals surface area contributed by atoms with Crippen LogP contribution in [0, 0.1) is 0 Å². The van der Waals surface area contributed by atoms with Crippen molar-refractivity contribution in [2.75, 3.05) is 13.6 Å². The summed E-state index contributed by atoms with van der Waals surface area (Å²) in [5, 5.41) is 43.2. The average molecular weight is 532 g/mol. The van der Waals surface area contributed by atoms with E-state index in [4.69, 9.17) is 25.2 Å². The number of carboxylic acid groups (broad SMARTS) is 2. The fraction of sp³-hybridized carbons (Fsp3) is 0.241. The maximum absolute atomic E-state index is 9.77. The van der Waals surface area contributed by atoms with E-state index < -0.39 is 24.1 Å². The summed E-state index contributed by atoms with van der Waals surface area (Å²) in [7, 11) is 2.16. The molecule has 39 heavy (non-hydrogen) atoms. The minimum atomic E-state index is -2.27.